The van der Waals surface area contributed by atoms with Crippen molar-refractivity contribution in [3.8, 4) is 0 Å². The van der Waals surface area contributed by atoms with Crippen molar-refractivity contribution in [2.24, 2.45) is 5.92 Å². The van der Waals surface area contributed by atoms with Crippen LogP contribution in [0.25, 0.3) is 11.0 Å². The minimum absolute atomic E-state index is 0.0455. The van der Waals surface area contributed by atoms with E-state index in [1.165, 1.54) is 31.2 Å². The lowest BCUT2D eigenvalue weighted by atomic mass is 9.85. The fraction of sp³-hybridized carbons (Fsp3) is 0.667. The molecule has 1 aliphatic carbocycles. The van der Waals surface area contributed by atoms with Crippen molar-refractivity contribution in [3.05, 3.63) is 34.2 Å². The Hall–Kier alpha value is -1.59. The van der Waals surface area contributed by atoms with Gasteiger partial charge in [0, 0.05) is 38.9 Å². The number of rotatable bonds is 4. The van der Waals surface area contributed by atoms with Crippen LogP contribution < -0.4 is 5.69 Å². The van der Waals surface area contributed by atoms with Gasteiger partial charge in [-0.2, -0.15) is 0 Å². The molecule has 26 heavy (non-hydrogen) atoms. The van der Waals surface area contributed by atoms with Crippen LogP contribution in [0.2, 0.25) is 0 Å². The molecule has 2 heterocycles. The summed E-state index contributed by atoms with van der Waals surface area (Å²) in [5, 5.41) is 0. The van der Waals surface area contributed by atoms with Crippen molar-refractivity contribution in [1.82, 2.24) is 14.5 Å². The maximum absolute atomic E-state index is 12.5. The maximum atomic E-state index is 12.5. The average Bonchev–Trinajstić information content (AvgIpc) is 2.98. The minimum Gasteiger partial charge on any atom is -0.384 e. The molecule has 1 aromatic carbocycles. The van der Waals surface area contributed by atoms with Gasteiger partial charge in [-0.25, -0.2) is 4.79 Å². The van der Waals surface area contributed by atoms with Gasteiger partial charge < -0.3 is 14.6 Å². The van der Waals surface area contributed by atoms with Crippen LogP contribution in [0.15, 0.2) is 23.0 Å². The summed E-state index contributed by atoms with van der Waals surface area (Å²) in [6.45, 7) is 5.21. The highest BCUT2D eigenvalue weighted by Gasteiger charge is 2.30. The van der Waals surface area contributed by atoms with E-state index >= 15 is 0 Å². The van der Waals surface area contributed by atoms with Crippen LogP contribution >= 0.6 is 0 Å². The second-order valence-corrected chi connectivity index (χ2v) is 8.22. The SMILES string of the molecule is COC[C@H]1CC[C@@H](N2CCC(n3c(=O)[nH]c4ccc(C)cc43)CC2)CC1. The highest BCUT2D eigenvalue weighted by molar-refractivity contribution is 5.76. The third-order valence-corrected chi connectivity index (χ3v) is 6.47. The lowest BCUT2D eigenvalue weighted by Gasteiger charge is -2.41. The highest BCUT2D eigenvalue weighted by atomic mass is 16.5. The summed E-state index contributed by atoms with van der Waals surface area (Å²) in [7, 11) is 1.81. The average molecular weight is 357 g/mol. The number of H-pyrrole nitrogens is 1. The van der Waals surface area contributed by atoms with E-state index in [9.17, 15) is 4.79 Å². The van der Waals surface area contributed by atoms with Gasteiger partial charge >= 0.3 is 5.69 Å². The number of hydrogen-bond acceptors (Lipinski definition) is 3. The Bertz CT molecular complexity index is 793. The number of likely N-dealkylation sites (tertiary alicyclic amines) is 1. The number of aromatic nitrogens is 2. The zero-order valence-electron chi connectivity index (χ0n) is 16.0. The van der Waals surface area contributed by atoms with Crippen molar-refractivity contribution in [1.29, 1.82) is 0 Å². The predicted octanol–water partition coefficient (Wildman–Crippen LogP) is 3.48. The standard InChI is InChI=1S/C21H31N3O2/c1-15-3-8-19-20(13-15)24(21(25)22-19)18-9-11-23(12-10-18)17-6-4-16(5-7-17)14-26-2/h3,8,13,16-18H,4-7,9-12,14H2,1-2H3,(H,22,25)/t16-,17+. The number of nitrogens with one attached hydrogen (secondary N) is 1. The zero-order valence-corrected chi connectivity index (χ0v) is 16.0. The molecule has 0 radical (unpaired) electrons. The first kappa shape index (κ1) is 17.8. The Kier molecular flexibility index (Phi) is 5.18. The highest BCUT2D eigenvalue weighted by Crippen LogP contribution is 2.32. The molecule has 1 aromatic heterocycles. The lowest BCUT2D eigenvalue weighted by molar-refractivity contribution is 0.0714. The van der Waals surface area contributed by atoms with Crippen LogP contribution in [0, 0.1) is 12.8 Å². The summed E-state index contributed by atoms with van der Waals surface area (Å²) in [6, 6.07) is 7.27. The largest absolute Gasteiger partial charge is 0.384 e. The molecular formula is C21H31N3O2. The summed E-state index contributed by atoms with van der Waals surface area (Å²) in [5.41, 5.74) is 3.27. The molecule has 4 rings (SSSR count). The number of fused-ring (bicyclic) bond motifs is 1. The van der Waals surface area contributed by atoms with Crippen LogP contribution in [-0.2, 0) is 4.74 Å². The Morgan fingerprint density at radius 1 is 1.08 bits per heavy atom. The molecule has 2 aromatic rings. The van der Waals surface area contributed by atoms with Crippen LogP contribution in [0.1, 0.15) is 50.1 Å². The number of imidazole rings is 1. The molecule has 2 aliphatic rings. The van der Waals surface area contributed by atoms with E-state index in [0.717, 1.165) is 55.5 Å². The smallest absolute Gasteiger partial charge is 0.326 e. The van der Waals surface area contributed by atoms with E-state index in [1.54, 1.807) is 0 Å². The van der Waals surface area contributed by atoms with Gasteiger partial charge in [-0.1, -0.05) is 6.07 Å². The molecule has 1 aliphatic heterocycles. The van der Waals surface area contributed by atoms with Gasteiger partial charge in [-0.15, -0.1) is 0 Å². The number of methoxy groups -OCH3 is 1. The van der Waals surface area contributed by atoms with E-state index in [1.807, 2.05) is 17.7 Å². The normalized spacial score (nSPS) is 25.8. The maximum Gasteiger partial charge on any atom is 0.326 e. The van der Waals surface area contributed by atoms with E-state index in [4.69, 9.17) is 4.74 Å². The first-order valence-electron chi connectivity index (χ1n) is 10.1. The van der Waals surface area contributed by atoms with Gasteiger partial charge in [0.1, 0.15) is 0 Å². The molecule has 1 N–H and O–H groups in total. The fourth-order valence-electron chi connectivity index (χ4n) is 5.02. The predicted molar refractivity (Wildman–Crippen MR) is 105 cm³/mol. The van der Waals surface area contributed by atoms with E-state index in [-0.39, 0.29) is 5.69 Å². The van der Waals surface area contributed by atoms with Gasteiger partial charge in [0.2, 0.25) is 0 Å². The quantitative estimate of drug-likeness (QED) is 0.911. The van der Waals surface area contributed by atoms with Crippen LogP contribution in [0.5, 0.6) is 0 Å². The zero-order chi connectivity index (χ0) is 18.1. The number of aryl methyl sites for hydroxylation is 1. The molecule has 0 amide bonds. The van der Waals surface area contributed by atoms with Crippen molar-refractivity contribution in [2.75, 3.05) is 26.8 Å². The second kappa shape index (κ2) is 7.57. The molecule has 0 spiro atoms. The van der Waals surface area contributed by atoms with Crippen molar-refractivity contribution >= 4 is 11.0 Å². The lowest BCUT2D eigenvalue weighted by Crippen LogP contribution is -2.44. The molecule has 1 saturated heterocycles. The Morgan fingerprint density at radius 2 is 1.81 bits per heavy atom. The van der Waals surface area contributed by atoms with Crippen molar-refractivity contribution in [2.45, 2.75) is 57.5 Å². The Balaban J connectivity index is 1.41. The summed E-state index contributed by atoms with van der Waals surface area (Å²) >= 11 is 0. The van der Waals surface area contributed by atoms with Gasteiger partial charge in [0.15, 0.2) is 0 Å². The van der Waals surface area contributed by atoms with Crippen molar-refractivity contribution < 1.29 is 4.74 Å². The molecule has 0 unspecified atom stereocenters. The first-order chi connectivity index (χ1) is 12.7. The van der Waals surface area contributed by atoms with Gasteiger partial charge in [-0.3, -0.25) is 4.57 Å². The number of ether oxygens (including phenoxy) is 1. The third kappa shape index (κ3) is 3.47. The summed E-state index contributed by atoms with van der Waals surface area (Å²) in [4.78, 5) is 18.2. The number of benzene rings is 1. The number of nitrogens with zero attached hydrogens (tertiary/aromatic N) is 2. The van der Waals surface area contributed by atoms with Crippen LogP contribution in [0.4, 0.5) is 0 Å². The molecular weight excluding hydrogens is 326 g/mol. The molecule has 142 valence electrons. The number of hydrogen-bond donors (Lipinski definition) is 1. The van der Waals surface area contributed by atoms with Gasteiger partial charge in [-0.05, 0) is 69.1 Å². The van der Waals surface area contributed by atoms with Gasteiger partial charge in [0.25, 0.3) is 0 Å². The van der Waals surface area contributed by atoms with E-state index < -0.39 is 0 Å². The number of piperidine rings is 1. The van der Waals surface area contributed by atoms with Gasteiger partial charge in [0.05, 0.1) is 11.0 Å². The molecule has 2 fully saturated rings. The van der Waals surface area contributed by atoms with E-state index in [2.05, 4.69) is 28.9 Å². The van der Waals surface area contributed by atoms with Crippen LogP contribution in [0.3, 0.4) is 0 Å². The summed E-state index contributed by atoms with van der Waals surface area (Å²) < 4.78 is 7.33. The van der Waals surface area contributed by atoms with Crippen molar-refractivity contribution in [3.63, 3.8) is 0 Å². The number of aromatic amines is 1. The second-order valence-electron chi connectivity index (χ2n) is 8.22. The fourth-order valence-corrected chi connectivity index (χ4v) is 5.02. The molecule has 5 nitrogen and oxygen atoms in total. The minimum atomic E-state index is 0.0455. The monoisotopic (exact) mass is 357 g/mol. The topological polar surface area (TPSA) is 50.3 Å². The molecule has 0 bridgehead atoms. The molecule has 1 saturated carbocycles. The molecule has 5 heteroatoms. The Labute approximate surface area is 155 Å². The summed E-state index contributed by atoms with van der Waals surface area (Å²) in [5.74, 6) is 0.752. The third-order valence-electron chi connectivity index (χ3n) is 6.47. The Morgan fingerprint density at radius 3 is 2.50 bits per heavy atom. The van der Waals surface area contributed by atoms with E-state index in [0.29, 0.717) is 6.04 Å². The van der Waals surface area contributed by atoms with Crippen LogP contribution in [-0.4, -0.2) is 47.3 Å². The molecule has 0 atom stereocenters. The first-order valence-corrected chi connectivity index (χ1v) is 10.1. The summed E-state index contributed by atoms with van der Waals surface area (Å²) in [6.07, 6.45) is 7.31.